The summed E-state index contributed by atoms with van der Waals surface area (Å²) >= 11 is 0. The third-order valence-corrected chi connectivity index (χ3v) is 14.7. The number of carbonyl (C=O) groups excluding carboxylic acids is 2. The maximum Gasteiger partial charge on any atom is 0.472 e. The SMILES string of the molecule is CCCCCCCCCCCCCCCCCCCCCCCCCCCCC(=O)OC(COC(=O)CCCCCCCCCCCCCCCCCCCCCCC)COP(=O)(O)OCCN. The van der Waals surface area contributed by atoms with Gasteiger partial charge in [0.1, 0.15) is 6.61 Å². The molecule has 9 nitrogen and oxygen atoms in total. The van der Waals surface area contributed by atoms with Gasteiger partial charge in [-0.1, -0.05) is 303 Å². The monoisotopic (exact) mass is 986 g/mol. The average molecular weight is 987 g/mol. The topological polar surface area (TPSA) is 134 Å². The fourth-order valence-corrected chi connectivity index (χ4v) is 10.1. The highest BCUT2D eigenvalue weighted by molar-refractivity contribution is 7.47. The Kier molecular flexibility index (Phi) is 54.5. The van der Waals surface area contributed by atoms with Gasteiger partial charge >= 0.3 is 19.8 Å². The van der Waals surface area contributed by atoms with E-state index < -0.39 is 26.5 Å². The summed E-state index contributed by atoms with van der Waals surface area (Å²) in [6.45, 7) is 3.83. The van der Waals surface area contributed by atoms with E-state index in [-0.39, 0.29) is 38.6 Å². The van der Waals surface area contributed by atoms with Gasteiger partial charge < -0.3 is 20.1 Å². The van der Waals surface area contributed by atoms with Crippen LogP contribution in [-0.4, -0.2) is 49.3 Å². The van der Waals surface area contributed by atoms with Crippen LogP contribution in [0.5, 0.6) is 0 Å². The molecule has 0 saturated heterocycles. The number of hydrogen-bond donors (Lipinski definition) is 2. The van der Waals surface area contributed by atoms with Crippen molar-refractivity contribution in [3.8, 4) is 0 Å². The van der Waals surface area contributed by atoms with Gasteiger partial charge in [-0.3, -0.25) is 18.6 Å². The van der Waals surface area contributed by atoms with E-state index in [1.165, 1.54) is 263 Å². The van der Waals surface area contributed by atoms with Crippen LogP contribution in [0.25, 0.3) is 0 Å². The number of esters is 2. The van der Waals surface area contributed by atoms with Crippen LogP contribution in [0.1, 0.15) is 328 Å². The Labute approximate surface area is 422 Å². The van der Waals surface area contributed by atoms with Crippen LogP contribution in [-0.2, 0) is 32.7 Å². The molecule has 3 N–H and O–H groups in total. The molecule has 0 aliphatic heterocycles. The average Bonchev–Trinajstić information content (AvgIpc) is 3.33. The first-order valence-corrected chi connectivity index (χ1v) is 31.5. The van der Waals surface area contributed by atoms with Gasteiger partial charge in [-0.15, -0.1) is 0 Å². The van der Waals surface area contributed by atoms with Crippen molar-refractivity contribution in [2.24, 2.45) is 5.73 Å². The molecule has 2 atom stereocenters. The lowest BCUT2D eigenvalue weighted by Gasteiger charge is -2.19. The maximum absolute atomic E-state index is 12.7. The van der Waals surface area contributed by atoms with E-state index in [9.17, 15) is 19.0 Å². The van der Waals surface area contributed by atoms with Gasteiger partial charge in [-0.25, -0.2) is 4.57 Å². The molecule has 0 spiro atoms. The first-order valence-electron chi connectivity index (χ1n) is 30.0. The summed E-state index contributed by atoms with van der Waals surface area (Å²) in [6.07, 6.45) is 61.7. The van der Waals surface area contributed by atoms with E-state index in [1.807, 2.05) is 0 Å². The first-order chi connectivity index (χ1) is 33.3. The highest BCUT2D eigenvalue weighted by Crippen LogP contribution is 2.43. The summed E-state index contributed by atoms with van der Waals surface area (Å²) in [5, 5.41) is 0. The van der Waals surface area contributed by atoms with Crippen LogP contribution in [0.15, 0.2) is 0 Å². The molecule has 406 valence electrons. The summed E-state index contributed by atoms with van der Waals surface area (Å²) in [5.41, 5.74) is 5.39. The smallest absolute Gasteiger partial charge is 0.462 e. The minimum Gasteiger partial charge on any atom is -0.462 e. The normalized spacial score (nSPS) is 12.9. The Hall–Kier alpha value is -0.990. The molecule has 0 rings (SSSR count). The van der Waals surface area contributed by atoms with Crippen LogP contribution < -0.4 is 5.73 Å². The summed E-state index contributed by atoms with van der Waals surface area (Å²) in [4.78, 5) is 35.2. The van der Waals surface area contributed by atoms with E-state index in [2.05, 4.69) is 13.8 Å². The lowest BCUT2D eigenvalue weighted by molar-refractivity contribution is -0.161. The largest absolute Gasteiger partial charge is 0.472 e. The Morgan fingerprint density at radius 1 is 0.382 bits per heavy atom. The van der Waals surface area contributed by atoms with Crippen molar-refractivity contribution in [1.29, 1.82) is 0 Å². The van der Waals surface area contributed by atoms with E-state index in [0.717, 1.165) is 32.1 Å². The molecular formula is C58H116NO8P. The van der Waals surface area contributed by atoms with Crippen molar-refractivity contribution in [2.75, 3.05) is 26.4 Å². The van der Waals surface area contributed by atoms with Crippen molar-refractivity contribution < 1.29 is 37.6 Å². The van der Waals surface area contributed by atoms with E-state index >= 15 is 0 Å². The molecule has 0 saturated carbocycles. The predicted molar refractivity (Wildman–Crippen MR) is 289 cm³/mol. The molecule has 2 unspecified atom stereocenters. The summed E-state index contributed by atoms with van der Waals surface area (Å²) < 4.78 is 33.1. The van der Waals surface area contributed by atoms with Gasteiger partial charge in [0.05, 0.1) is 13.2 Å². The van der Waals surface area contributed by atoms with Crippen molar-refractivity contribution >= 4 is 19.8 Å². The molecule has 0 aromatic carbocycles. The van der Waals surface area contributed by atoms with Crippen molar-refractivity contribution in [1.82, 2.24) is 0 Å². The third kappa shape index (κ3) is 54.3. The van der Waals surface area contributed by atoms with Crippen LogP contribution in [0, 0.1) is 0 Å². The van der Waals surface area contributed by atoms with Crippen LogP contribution in [0.3, 0.4) is 0 Å². The minimum atomic E-state index is -4.38. The number of ether oxygens (including phenoxy) is 2. The first kappa shape index (κ1) is 67.0. The minimum absolute atomic E-state index is 0.0586. The van der Waals surface area contributed by atoms with Gasteiger partial charge in [0.15, 0.2) is 6.10 Å². The number of hydrogen-bond acceptors (Lipinski definition) is 8. The molecule has 0 fully saturated rings. The van der Waals surface area contributed by atoms with Gasteiger partial charge in [-0.05, 0) is 12.8 Å². The number of carbonyl (C=O) groups is 2. The molecular weight excluding hydrogens is 870 g/mol. The lowest BCUT2D eigenvalue weighted by atomic mass is 10.0. The highest BCUT2D eigenvalue weighted by Gasteiger charge is 2.26. The van der Waals surface area contributed by atoms with Gasteiger partial charge in [0, 0.05) is 19.4 Å². The number of phosphoric ester groups is 1. The molecule has 0 aromatic rings. The van der Waals surface area contributed by atoms with Crippen LogP contribution in [0.4, 0.5) is 0 Å². The Balaban J connectivity index is 3.88. The summed E-state index contributed by atoms with van der Waals surface area (Å²) in [6, 6.07) is 0. The molecule has 68 heavy (non-hydrogen) atoms. The standard InChI is InChI=1S/C58H116NO8P/c1-3-5-7-9-11-13-15-17-19-21-23-25-26-27-28-29-31-33-35-37-39-41-43-45-47-49-51-58(61)67-56(55-66-68(62,63)65-53-52-59)54-64-57(60)50-48-46-44-42-40-38-36-34-32-30-24-22-20-18-16-14-12-10-8-6-4-2/h56H,3-55,59H2,1-2H3,(H,62,63). The van der Waals surface area contributed by atoms with Crippen LogP contribution in [0.2, 0.25) is 0 Å². The number of unbranched alkanes of at least 4 members (excludes halogenated alkanes) is 45. The second-order valence-electron chi connectivity index (χ2n) is 20.6. The summed E-state index contributed by atoms with van der Waals surface area (Å²) in [7, 11) is -4.38. The zero-order valence-corrected chi connectivity index (χ0v) is 46.3. The fourth-order valence-electron chi connectivity index (χ4n) is 9.29. The Morgan fingerprint density at radius 2 is 0.632 bits per heavy atom. The molecule has 0 radical (unpaired) electrons. The van der Waals surface area contributed by atoms with Crippen LogP contribution >= 0.6 is 7.82 Å². The molecule has 10 heteroatoms. The quantitative estimate of drug-likeness (QED) is 0.0347. The molecule has 0 aliphatic rings. The molecule has 0 aliphatic carbocycles. The Morgan fingerprint density at radius 3 is 0.897 bits per heavy atom. The van der Waals surface area contributed by atoms with E-state index in [1.54, 1.807) is 0 Å². The van der Waals surface area contributed by atoms with Gasteiger partial charge in [0.2, 0.25) is 0 Å². The van der Waals surface area contributed by atoms with Gasteiger partial charge in [0.25, 0.3) is 0 Å². The van der Waals surface area contributed by atoms with E-state index in [4.69, 9.17) is 24.3 Å². The number of nitrogens with two attached hydrogens (primary N) is 1. The second-order valence-corrected chi connectivity index (χ2v) is 22.0. The van der Waals surface area contributed by atoms with Crippen molar-refractivity contribution in [3.63, 3.8) is 0 Å². The predicted octanol–water partition coefficient (Wildman–Crippen LogP) is 18.7. The highest BCUT2D eigenvalue weighted by atomic mass is 31.2. The van der Waals surface area contributed by atoms with Gasteiger partial charge in [-0.2, -0.15) is 0 Å². The number of phosphoric acid groups is 1. The molecule has 0 aromatic heterocycles. The van der Waals surface area contributed by atoms with Crippen molar-refractivity contribution in [3.05, 3.63) is 0 Å². The zero-order chi connectivity index (χ0) is 49.5. The fraction of sp³-hybridized carbons (Fsp3) is 0.966. The van der Waals surface area contributed by atoms with E-state index in [0.29, 0.717) is 6.42 Å². The maximum atomic E-state index is 12.7. The zero-order valence-electron chi connectivity index (χ0n) is 45.4. The molecule has 0 bridgehead atoms. The number of rotatable bonds is 58. The molecule has 0 heterocycles. The second kappa shape index (κ2) is 55.3. The summed E-state index contributed by atoms with van der Waals surface area (Å²) in [5.74, 6) is -0.801. The molecule has 0 amide bonds. The lowest BCUT2D eigenvalue weighted by Crippen LogP contribution is -2.29. The van der Waals surface area contributed by atoms with Crippen molar-refractivity contribution in [2.45, 2.75) is 335 Å². The Bertz CT molecular complexity index is 1080. The third-order valence-electron chi connectivity index (χ3n) is 13.7.